The van der Waals surface area contributed by atoms with E-state index in [-0.39, 0.29) is 16.4 Å². The van der Waals surface area contributed by atoms with Crippen molar-refractivity contribution in [1.29, 1.82) is 0 Å². The summed E-state index contributed by atoms with van der Waals surface area (Å²) in [6.45, 7) is 0. The van der Waals surface area contributed by atoms with E-state index in [0.717, 1.165) is 0 Å². The molecular weight excluding hydrogens is 305 g/mol. The molecule has 1 aromatic rings. The van der Waals surface area contributed by atoms with Crippen LogP contribution in [-0.4, -0.2) is 20.3 Å². The zero-order valence-corrected chi connectivity index (χ0v) is 11.2. The van der Waals surface area contributed by atoms with E-state index >= 15 is 0 Å². The van der Waals surface area contributed by atoms with Gasteiger partial charge in [-0.3, -0.25) is 4.72 Å². The molecular formula is C10H12ClF3N2O2S. The molecule has 0 saturated carbocycles. The standard InChI is InChI=1S/C10H12ClF3N2O2S/c11-7-3-1-4-8(15)9(7)16-19(17,18)6-2-5-10(12,13)14/h1,3-4,16H,2,5-6,15H2. The quantitative estimate of drug-likeness (QED) is 0.820. The van der Waals surface area contributed by atoms with Crippen LogP contribution in [0.1, 0.15) is 12.8 Å². The Labute approximate surface area is 113 Å². The van der Waals surface area contributed by atoms with Gasteiger partial charge in [-0.2, -0.15) is 13.2 Å². The molecule has 19 heavy (non-hydrogen) atoms. The highest BCUT2D eigenvalue weighted by Gasteiger charge is 2.27. The zero-order chi connectivity index (χ0) is 14.7. The molecule has 0 atom stereocenters. The van der Waals surface area contributed by atoms with Crippen molar-refractivity contribution < 1.29 is 21.6 Å². The molecule has 0 amide bonds. The molecule has 0 bridgehead atoms. The first-order valence-corrected chi connectivity index (χ1v) is 7.25. The molecule has 0 heterocycles. The molecule has 4 nitrogen and oxygen atoms in total. The minimum atomic E-state index is -4.38. The molecule has 1 rings (SSSR count). The lowest BCUT2D eigenvalue weighted by atomic mass is 10.3. The predicted molar refractivity (Wildman–Crippen MR) is 68.6 cm³/mol. The van der Waals surface area contributed by atoms with E-state index in [0.29, 0.717) is 0 Å². The Hall–Kier alpha value is -1.15. The van der Waals surface area contributed by atoms with Crippen molar-refractivity contribution in [3.8, 4) is 0 Å². The lowest BCUT2D eigenvalue weighted by Gasteiger charge is -2.12. The topological polar surface area (TPSA) is 72.2 Å². The van der Waals surface area contributed by atoms with Crippen molar-refractivity contribution in [2.75, 3.05) is 16.2 Å². The minimum absolute atomic E-state index is 0.0174. The van der Waals surface area contributed by atoms with Gasteiger partial charge in [0.15, 0.2) is 0 Å². The highest BCUT2D eigenvalue weighted by atomic mass is 35.5. The minimum Gasteiger partial charge on any atom is -0.397 e. The van der Waals surface area contributed by atoms with Crippen LogP contribution < -0.4 is 10.5 Å². The number of anilines is 2. The van der Waals surface area contributed by atoms with E-state index in [1.165, 1.54) is 18.2 Å². The van der Waals surface area contributed by atoms with Crippen molar-refractivity contribution in [2.24, 2.45) is 0 Å². The second-order valence-electron chi connectivity index (χ2n) is 3.84. The molecule has 0 aromatic heterocycles. The van der Waals surface area contributed by atoms with Gasteiger partial charge in [0.1, 0.15) is 0 Å². The Bertz CT molecular complexity index is 526. The summed E-state index contributed by atoms with van der Waals surface area (Å²) in [4.78, 5) is 0. The molecule has 9 heteroatoms. The van der Waals surface area contributed by atoms with Crippen molar-refractivity contribution in [3.05, 3.63) is 23.2 Å². The highest BCUT2D eigenvalue weighted by Crippen LogP contribution is 2.29. The zero-order valence-electron chi connectivity index (χ0n) is 9.67. The fourth-order valence-electron chi connectivity index (χ4n) is 1.32. The van der Waals surface area contributed by atoms with Crippen LogP contribution in [0.15, 0.2) is 18.2 Å². The highest BCUT2D eigenvalue weighted by molar-refractivity contribution is 7.92. The number of sulfonamides is 1. The van der Waals surface area contributed by atoms with E-state index in [1.54, 1.807) is 0 Å². The fourth-order valence-corrected chi connectivity index (χ4v) is 2.77. The first kappa shape index (κ1) is 15.9. The number of benzene rings is 1. The van der Waals surface area contributed by atoms with E-state index in [9.17, 15) is 21.6 Å². The maximum atomic E-state index is 11.9. The second-order valence-corrected chi connectivity index (χ2v) is 6.09. The number of hydrogen-bond donors (Lipinski definition) is 2. The summed E-state index contributed by atoms with van der Waals surface area (Å²) in [7, 11) is -3.92. The Balaban J connectivity index is 2.70. The van der Waals surface area contributed by atoms with Crippen LogP contribution in [0, 0.1) is 0 Å². The third-order valence-electron chi connectivity index (χ3n) is 2.18. The summed E-state index contributed by atoms with van der Waals surface area (Å²) in [5.74, 6) is -0.656. The van der Waals surface area contributed by atoms with Gasteiger partial charge in [-0.1, -0.05) is 17.7 Å². The number of alkyl halides is 3. The van der Waals surface area contributed by atoms with Gasteiger partial charge < -0.3 is 5.73 Å². The average molecular weight is 317 g/mol. The first-order valence-electron chi connectivity index (χ1n) is 5.22. The third kappa shape index (κ3) is 5.56. The van der Waals surface area contributed by atoms with E-state index < -0.39 is 34.8 Å². The number of nitrogens with two attached hydrogens (primary N) is 1. The number of rotatable bonds is 5. The van der Waals surface area contributed by atoms with Crippen LogP contribution in [0.3, 0.4) is 0 Å². The molecule has 0 fully saturated rings. The maximum Gasteiger partial charge on any atom is 0.389 e. The monoisotopic (exact) mass is 316 g/mol. The van der Waals surface area contributed by atoms with Crippen molar-refractivity contribution in [3.63, 3.8) is 0 Å². The lowest BCUT2D eigenvalue weighted by molar-refractivity contribution is -0.134. The maximum absolute atomic E-state index is 11.9. The van der Waals surface area contributed by atoms with Crippen molar-refractivity contribution >= 4 is 33.0 Å². The second kappa shape index (κ2) is 5.87. The number of para-hydroxylation sites is 1. The van der Waals surface area contributed by atoms with Crippen LogP contribution in [0.25, 0.3) is 0 Å². The predicted octanol–water partition coefficient (Wildman–Crippen LogP) is 3.01. The van der Waals surface area contributed by atoms with Gasteiger partial charge in [-0.15, -0.1) is 0 Å². The molecule has 0 saturated heterocycles. The van der Waals surface area contributed by atoms with Crippen LogP contribution in [0.5, 0.6) is 0 Å². The Morgan fingerprint density at radius 2 is 1.95 bits per heavy atom. The number of nitrogen functional groups attached to an aromatic ring is 1. The van der Waals surface area contributed by atoms with Gasteiger partial charge in [0, 0.05) is 6.42 Å². The summed E-state index contributed by atoms with van der Waals surface area (Å²) in [6.07, 6.45) is -6.06. The van der Waals surface area contributed by atoms with E-state index in [1.807, 2.05) is 0 Å². The van der Waals surface area contributed by atoms with Crippen LogP contribution >= 0.6 is 11.6 Å². The summed E-state index contributed by atoms with van der Waals surface area (Å²) in [5, 5.41) is 0.0828. The van der Waals surface area contributed by atoms with Crippen molar-refractivity contribution in [2.45, 2.75) is 19.0 Å². The molecule has 108 valence electrons. The van der Waals surface area contributed by atoms with Crippen LogP contribution in [0.2, 0.25) is 5.02 Å². The van der Waals surface area contributed by atoms with Crippen molar-refractivity contribution in [1.82, 2.24) is 0 Å². The summed E-state index contributed by atoms with van der Waals surface area (Å²) in [6, 6.07) is 4.38. The van der Waals surface area contributed by atoms with E-state index in [2.05, 4.69) is 4.72 Å². The molecule has 1 aromatic carbocycles. The van der Waals surface area contributed by atoms with Gasteiger partial charge in [0.05, 0.1) is 22.2 Å². The Morgan fingerprint density at radius 1 is 1.32 bits per heavy atom. The summed E-state index contributed by atoms with van der Waals surface area (Å²) in [5.41, 5.74) is 5.62. The molecule has 0 aliphatic carbocycles. The van der Waals surface area contributed by atoms with Crippen LogP contribution in [0.4, 0.5) is 24.5 Å². The van der Waals surface area contributed by atoms with Gasteiger partial charge in [-0.25, -0.2) is 8.42 Å². The molecule has 0 spiro atoms. The smallest absolute Gasteiger partial charge is 0.389 e. The number of hydrogen-bond acceptors (Lipinski definition) is 3. The van der Waals surface area contributed by atoms with Gasteiger partial charge in [0.2, 0.25) is 10.0 Å². The van der Waals surface area contributed by atoms with Gasteiger partial charge in [0.25, 0.3) is 0 Å². The molecule has 0 unspecified atom stereocenters. The van der Waals surface area contributed by atoms with E-state index in [4.69, 9.17) is 17.3 Å². The largest absolute Gasteiger partial charge is 0.397 e. The van der Waals surface area contributed by atoms with Gasteiger partial charge in [-0.05, 0) is 18.6 Å². The normalized spacial score (nSPS) is 12.4. The van der Waals surface area contributed by atoms with Crippen LogP contribution in [-0.2, 0) is 10.0 Å². The summed E-state index contributed by atoms with van der Waals surface area (Å²) >= 11 is 5.76. The lowest BCUT2D eigenvalue weighted by Crippen LogP contribution is -2.19. The molecule has 0 aliphatic heterocycles. The molecule has 0 aliphatic rings. The average Bonchev–Trinajstić information content (AvgIpc) is 2.21. The first-order chi connectivity index (χ1) is 8.61. The summed E-state index contributed by atoms with van der Waals surface area (Å²) < 4.78 is 61.1. The SMILES string of the molecule is Nc1cccc(Cl)c1NS(=O)(=O)CCCC(F)(F)F. The molecule has 3 N–H and O–H groups in total. The Kier molecular flexibility index (Phi) is 4.92. The molecule has 0 radical (unpaired) electrons. The Morgan fingerprint density at radius 3 is 2.47 bits per heavy atom. The fraction of sp³-hybridized carbons (Fsp3) is 0.400. The number of nitrogens with one attached hydrogen (secondary N) is 1. The van der Waals surface area contributed by atoms with Gasteiger partial charge >= 0.3 is 6.18 Å². The number of halogens is 4. The third-order valence-corrected chi connectivity index (χ3v) is 3.83.